The Bertz CT molecular complexity index is 1480. The van der Waals surface area contributed by atoms with E-state index in [0.717, 1.165) is 57.9 Å². The number of hydrogen-bond donors (Lipinski definition) is 2. The SMILES string of the molecule is Cn1cnnc1-c1cccc(Nc2cccc(CC3COCCN3c3nc4c(s3)C(=O)NC(C)(C)C4)c2)c1. The molecule has 2 aromatic carbocycles. The maximum Gasteiger partial charge on any atom is 0.263 e. The van der Waals surface area contributed by atoms with Crippen molar-refractivity contribution in [1.29, 1.82) is 0 Å². The minimum Gasteiger partial charge on any atom is -0.377 e. The molecule has 0 saturated carbocycles. The van der Waals surface area contributed by atoms with Crippen LogP contribution < -0.4 is 15.5 Å². The molecule has 1 saturated heterocycles. The summed E-state index contributed by atoms with van der Waals surface area (Å²) in [6.45, 7) is 6.12. The van der Waals surface area contributed by atoms with Gasteiger partial charge in [0.1, 0.15) is 11.2 Å². The lowest BCUT2D eigenvalue weighted by Crippen LogP contribution is -2.48. The fourth-order valence-electron chi connectivity index (χ4n) is 5.16. The van der Waals surface area contributed by atoms with Crippen LogP contribution in [0.3, 0.4) is 0 Å². The summed E-state index contributed by atoms with van der Waals surface area (Å²) >= 11 is 1.49. The van der Waals surface area contributed by atoms with Crippen LogP contribution in [0.25, 0.3) is 11.4 Å². The van der Waals surface area contributed by atoms with Gasteiger partial charge in [-0.15, -0.1) is 10.2 Å². The molecule has 10 heteroatoms. The van der Waals surface area contributed by atoms with Gasteiger partial charge in [0, 0.05) is 42.5 Å². The molecule has 1 fully saturated rings. The van der Waals surface area contributed by atoms with Gasteiger partial charge in [0.25, 0.3) is 5.91 Å². The second-order valence-corrected chi connectivity index (χ2v) is 11.6. The molecular weight excluding hydrogens is 498 g/mol. The number of aromatic nitrogens is 4. The van der Waals surface area contributed by atoms with E-state index >= 15 is 0 Å². The van der Waals surface area contributed by atoms with E-state index in [1.807, 2.05) is 43.7 Å². The third kappa shape index (κ3) is 5.01. The molecule has 0 aliphatic carbocycles. The summed E-state index contributed by atoms with van der Waals surface area (Å²) in [5.74, 6) is 0.802. The number of nitrogens with zero attached hydrogens (tertiary/aromatic N) is 5. The van der Waals surface area contributed by atoms with Crippen molar-refractivity contribution in [3.05, 3.63) is 71.0 Å². The summed E-state index contributed by atoms with van der Waals surface area (Å²) in [6, 6.07) is 16.8. The first-order valence-corrected chi connectivity index (χ1v) is 13.6. The second-order valence-electron chi connectivity index (χ2n) is 10.6. The number of nitrogens with one attached hydrogen (secondary N) is 2. The van der Waals surface area contributed by atoms with Crippen LogP contribution in [-0.4, -0.2) is 57.0 Å². The maximum atomic E-state index is 12.7. The molecule has 0 radical (unpaired) electrons. The van der Waals surface area contributed by atoms with Gasteiger partial charge in [-0.1, -0.05) is 35.6 Å². The number of anilines is 3. The van der Waals surface area contributed by atoms with Gasteiger partial charge in [0.15, 0.2) is 11.0 Å². The minimum atomic E-state index is -0.277. The Kier molecular flexibility index (Phi) is 6.37. The van der Waals surface area contributed by atoms with Crippen LogP contribution in [0.5, 0.6) is 0 Å². The van der Waals surface area contributed by atoms with E-state index in [-0.39, 0.29) is 17.5 Å². The summed E-state index contributed by atoms with van der Waals surface area (Å²) in [7, 11) is 1.94. The van der Waals surface area contributed by atoms with Gasteiger partial charge in [0.2, 0.25) is 0 Å². The number of aryl methyl sites for hydroxylation is 1. The van der Waals surface area contributed by atoms with E-state index in [1.165, 1.54) is 16.9 Å². The topological polar surface area (TPSA) is 97.2 Å². The Morgan fingerprint density at radius 1 is 1.18 bits per heavy atom. The molecule has 4 heterocycles. The van der Waals surface area contributed by atoms with Crippen molar-refractivity contribution in [1.82, 2.24) is 25.1 Å². The van der Waals surface area contributed by atoms with E-state index in [9.17, 15) is 4.79 Å². The number of benzene rings is 2. The molecule has 1 unspecified atom stereocenters. The highest BCUT2D eigenvalue weighted by Gasteiger charge is 2.35. The van der Waals surface area contributed by atoms with Crippen LogP contribution in [0.15, 0.2) is 54.9 Å². The third-order valence-corrected chi connectivity index (χ3v) is 8.08. The van der Waals surface area contributed by atoms with E-state index in [4.69, 9.17) is 9.72 Å². The van der Waals surface area contributed by atoms with E-state index in [2.05, 4.69) is 56.1 Å². The quantitative estimate of drug-likeness (QED) is 0.387. The lowest BCUT2D eigenvalue weighted by molar-refractivity contribution is 0.0900. The second kappa shape index (κ2) is 9.85. The highest BCUT2D eigenvalue weighted by Crippen LogP contribution is 2.34. The minimum absolute atomic E-state index is 0.0215. The molecular formula is C28H31N7O2S. The molecule has 2 aromatic heterocycles. The molecule has 2 aliphatic heterocycles. The van der Waals surface area contributed by atoms with Gasteiger partial charge in [-0.05, 0) is 50.1 Å². The van der Waals surface area contributed by atoms with Crippen molar-refractivity contribution in [2.45, 2.75) is 38.3 Å². The molecule has 1 atom stereocenters. The van der Waals surface area contributed by atoms with Gasteiger partial charge < -0.3 is 24.8 Å². The van der Waals surface area contributed by atoms with Crippen molar-refractivity contribution in [3.63, 3.8) is 0 Å². The van der Waals surface area contributed by atoms with Crippen LogP contribution >= 0.6 is 11.3 Å². The Balaban J connectivity index is 1.19. The maximum absolute atomic E-state index is 12.7. The summed E-state index contributed by atoms with van der Waals surface area (Å²) in [6.07, 6.45) is 3.26. The summed E-state index contributed by atoms with van der Waals surface area (Å²) in [5, 5.41) is 15.7. The molecule has 0 spiro atoms. The lowest BCUT2D eigenvalue weighted by atomic mass is 9.94. The summed E-state index contributed by atoms with van der Waals surface area (Å²) in [5.41, 5.74) is 4.84. The molecule has 0 bridgehead atoms. The number of carbonyl (C=O) groups is 1. The zero-order chi connectivity index (χ0) is 26.3. The number of thiazole rings is 1. The Morgan fingerprint density at radius 2 is 2.00 bits per heavy atom. The molecule has 38 heavy (non-hydrogen) atoms. The third-order valence-electron chi connectivity index (χ3n) is 6.95. The number of amides is 1. The Hall–Kier alpha value is -3.76. The average molecular weight is 530 g/mol. The highest BCUT2D eigenvalue weighted by molar-refractivity contribution is 7.17. The van der Waals surface area contributed by atoms with Crippen LogP contribution in [0.4, 0.5) is 16.5 Å². The van der Waals surface area contributed by atoms with E-state index < -0.39 is 0 Å². The van der Waals surface area contributed by atoms with E-state index in [1.54, 1.807) is 6.33 Å². The predicted octanol–water partition coefficient (Wildman–Crippen LogP) is 4.19. The molecule has 9 nitrogen and oxygen atoms in total. The van der Waals surface area contributed by atoms with Gasteiger partial charge in [-0.2, -0.15) is 0 Å². The van der Waals surface area contributed by atoms with Crippen molar-refractivity contribution in [2.75, 3.05) is 30.0 Å². The van der Waals surface area contributed by atoms with Gasteiger partial charge in [-0.3, -0.25) is 4.79 Å². The number of hydrogen-bond acceptors (Lipinski definition) is 8. The van der Waals surface area contributed by atoms with Crippen molar-refractivity contribution in [2.24, 2.45) is 7.05 Å². The lowest BCUT2D eigenvalue weighted by Gasteiger charge is -2.35. The van der Waals surface area contributed by atoms with Crippen molar-refractivity contribution >= 4 is 33.8 Å². The largest absolute Gasteiger partial charge is 0.377 e. The number of rotatable bonds is 6. The molecule has 4 aromatic rings. The van der Waals surface area contributed by atoms with Gasteiger partial charge in [-0.25, -0.2) is 4.98 Å². The zero-order valence-electron chi connectivity index (χ0n) is 21.8. The fraction of sp³-hybridized carbons (Fsp3) is 0.357. The van der Waals surface area contributed by atoms with Gasteiger partial charge in [0.05, 0.1) is 24.9 Å². The molecule has 2 aliphatic rings. The van der Waals surface area contributed by atoms with Crippen molar-refractivity contribution < 1.29 is 9.53 Å². The fourth-order valence-corrected chi connectivity index (χ4v) is 6.23. The Labute approximate surface area is 225 Å². The summed E-state index contributed by atoms with van der Waals surface area (Å²) in [4.78, 5) is 20.6. The number of carbonyl (C=O) groups excluding carboxylic acids is 1. The molecule has 196 valence electrons. The molecule has 2 N–H and O–H groups in total. The van der Waals surface area contributed by atoms with Crippen LogP contribution in [0.2, 0.25) is 0 Å². The highest BCUT2D eigenvalue weighted by atomic mass is 32.1. The molecule has 1 amide bonds. The predicted molar refractivity (Wildman–Crippen MR) is 149 cm³/mol. The number of ether oxygens (including phenoxy) is 1. The number of morpholine rings is 1. The monoisotopic (exact) mass is 529 g/mol. The van der Waals surface area contributed by atoms with Gasteiger partial charge >= 0.3 is 0 Å². The Morgan fingerprint density at radius 3 is 2.82 bits per heavy atom. The first-order valence-electron chi connectivity index (χ1n) is 12.8. The zero-order valence-corrected chi connectivity index (χ0v) is 22.6. The number of fused-ring (bicyclic) bond motifs is 1. The standard InChI is InChI=1S/C28H31N7O2S/c1-28(2)15-23-24(26(36)32-28)38-27(31-23)35-10-11-37-16-22(35)13-18-6-4-8-20(12-18)30-21-9-5-7-19(14-21)25-33-29-17-34(25)3/h4-9,12,14,17,22,30H,10-11,13,15-16H2,1-3H3,(H,32,36). The first-order chi connectivity index (χ1) is 18.3. The molecule has 6 rings (SSSR count). The van der Waals surface area contributed by atoms with Crippen LogP contribution in [-0.2, 0) is 24.6 Å². The van der Waals surface area contributed by atoms with Crippen LogP contribution in [0, 0.1) is 0 Å². The average Bonchev–Trinajstić information content (AvgIpc) is 3.50. The first kappa shape index (κ1) is 24.6. The van der Waals surface area contributed by atoms with Crippen LogP contribution in [0.1, 0.15) is 34.8 Å². The normalized spacial score (nSPS) is 18.7. The smallest absolute Gasteiger partial charge is 0.263 e. The van der Waals surface area contributed by atoms with E-state index in [0.29, 0.717) is 13.2 Å². The van der Waals surface area contributed by atoms with Crippen molar-refractivity contribution in [3.8, 4) is 11.4 Å². The summed E-state index contributed by atoms with van der Waals surface area (Å²) < 4.78 is 7.78.